The van der Waals surface area contributed by atoms with Gasteiger partial charge in [-0.3, -0.25) is 4.79 Å². The van der Waals surface area contributed by atoms with Gasteiger partial charge in [-0.2, -0.15) is 11.3 Å². The van der Waals surface area contributed by atoms with Crippen LogP contribution in [0.2, 0.25) is 0 Å². The fraction of sp³-hybridized carbons (Fsp3) is 0.474. The molecule has 24 heavy (non-hydrogen) atoms. The molecule has 1 aliphatic carbocycles. The first-order chi connectivity index (χ1) is 11.8. The van der Waals surface area contributed by atoms with Gasteiger partial charge >= 0.3 is 0 Å². The average molecular weight is 344 g/mol. The van der Waals surface area contributed by atoms with Crippen molar-refractivity contribution in [3.8, 4) is 5.75 Å². The largest absolute Gasteiger partial charge is 0.489 e. The molecule has 0 spiro atoms. The molecule has 0 bridgehead atoms. The van der Waals surface area contributed by atoms with Crippen molar-refractivity contribution < 1.29 is 9.53 Å². The molecule has 1 N–H and O–H groups in total. The minimum atomic E-state index is -0.0255. The maximum absolute atomic E-state index is 12.2. The first-order valence-electron chi connectivity index (χ1n) is 8.70. The zero-order valence-electron chi connectivity index (χ0n) is 13.9. The average Bonchev–Trinajstić information content (AvgIpc) is 3.14. The van der Waals surface area contributed by atoms with Crippen molar-refractivity contribution in [1.29, 1.82) is 0 Å². The molecule has 2 aromatic rings. The minimum absolute atomic E-state index is 0.0255. The number of thiophene rings is 1. The highest BCUT2D eigenvalue weighted by Crippen LogP contribution is 2.27. The molecule has 4 nitrogen and oxygen atoms in total. The molecule has 0 aromatic carbocycles. The molecule has 0 radical (unpaired) electrons. The lowest BCUT2D eigenvalue weighted by Gasteiger charge is -2.22. The van der Waals surface area contributed by atoms with Gasteiger partial charge in [0.2, 0.25) is 5.91 Å². The number of carbonyl (C=O) groups is 1. The van der Waals surface area contributed by atoms with Crippen LogP contribution in [0.25, 0.3) is 0 Å². The molecular formula is C19H24N2O2S. The van der Waals surface area contributed by atoms with Crippen LogP contribution in [0, 0.1) is 5.92 Å². The molecule has 2 heterocycles. The molecule has 3 rings (SSSR count). The van der Waals surface area contributed by atoms with Crippen LogP contribution in [0.15, 0.2) is 35.2 Å². The normalized spacial score (nSPS) is 15.2. The van der Waals surface area contributed by atoms with E-state index in [4.69, 9.17) is 4.74 Å². The number of pyridine rings is 1. The first-order valence-corrected chi connectivity index (χ1v) is 9.64. The van der Waals surface area contributed by atoms with E-state index in [1.807, 2.05) is 17.5 Å². The number of aromatic nitrogens is 1. The van der Waals surface area contributed by atoms with Gasteiger partial charge in [0, 0.05) is 12.6 Å². The molecule has 0 unspecified atom stereocenters. The summed E-state index contributed by atoms with van der Waals surface area (Å²) in [5, 5.41) is 7.00. The van der Waals surface area contributed by atoms with E-state index in [2.05, 4.69) is 21.7 Å². The smallest absolute Gasteiger partial charge is 0.225 e. The number of carbonyl (C=O) groups excluding carboxylic acids is 1. The second-order valence-electron chi connectivity index (χ2n) is 6.34. The van der Waals surface area contributed by atoms with Crippen molar-refractivity contribution in [3.05, 3.63) is 40.7 Å². The van der Waals surface area contributed by atoms with Gasteiger partial charge in [0.05, 0.1) is 6.61 Å². The maximum Gasteiger partial charge on any atom is 0.225 e. The summed E-state index contributed by atoms with van der Waals surface area (Å²) in [5.41, 5.74) is 1.20. The first kappa shape index (κ1) is 17.0. The Morgan fingerprint density at radius 2 is 2.17 bits per heavy atom. The number of aryl methyl sites for hydroxylation is 1. The van der Waals surface area contributed by atoms with Gasteiger partial charge in [0.1, 0.15) is 0 Å². The van der Waals surface area contributed by atoms with E-state index >= 15 is 0 Å². The lowest BCUT2D eigenvalue weighted by molar-refractivity contribution is -0.116. The SMILES string of the molecule is O=C(CCc1ccsc1)Nc1ncccc1OCC1CCCCC1. The lowest BCUT2D eigenvalue weighted by atomic mass is 9.90. The van der Waals surface area contributed by atoms with E-state index < -0.39 is 0 Å². The molecular weight excluding hydrogens is 320 g/mol. The lowest BCUT2D eigenvalue weighted by Crippen LogP contribution is -2.18. The molecule has 0 aliphatic heterocycles. The van der Waals surface area contributed by atoms with Crippen molar-refractivity contribution in [2.45, 2.75) is 44.9 Å². The van der Waals surface area contributed by atoms with Gasteiger partial charge in [-0.05, 0) is 59.7 Å². The summed E-state index contributed by atoms with van der Waals surface area (Å²) in [6.45, 7) is 0.712. The molecule has 1 amide bonds. The Balaban J connectivity index is 1.51. The van der Waals surface area contributed by atoms with Crippen molar-refractivity contribution in [1.82, 2.24) is 4.98 Å². The maximum atomic E-state index is 12.2. The minimum Gasteiger partial charge on any atom is -0.489 e. The van der Waals surface area contributed by atoms with E-state index in [0.29, 0.717) is 30.5 Å². The summed E-state index contributed by atoms with van der Waals surface area (Å²) >= 11 is 1.65. The van der Waals surface area contributed by atoms with Crippen LogP contribution >= 0.6 is 11.3 Å². The summed E-state index contributed by atoms with van der Waals surface area (Å²) in [4.78, 5) is 16.4. The molecule has 5 heteroatoms. The third kappa shape index (κ3) is 5.06. The quantitative estimate of drug-likeness (QED) is 0.794. The predicted octanol–water partition coefficient (Wildman–Crippen LogP) is 4.67. The van der Waals surface area contributed by atoms with Gasteiger partial charge in [0.25, 0.3) is 0 Å². The second kappa shape index (κ2) is 8.83. The Hall–Kier alpha value is -1.88. The van der Waals surface area contributed by atoms with E-state index in [0.717, 1.165) is 6.42 Å². The van der Waals surface area contributed by atoms with Gasteiger partial charge in [0.15, 0.2) is 11.6 Å². The van der Waals surface area contributed by atoms with E-state index in [1.165, 1.54) is 37.7 Å². The molecule has 1 saturated carbocycles. The Bertz CT molecular complexity index is 637. The van der Waals surface area contributed by atoms with Crippen LogP contribution in [0.5, 0.6) is 5.75 Å². The van der Waals surface area contributed by atoms with Crippen molar-refractivity contribution in [2.75, 3.05) is 11.9 Å². The number of rotatable bonds is 7. The fourth-order valence-electron chi connectivity index (χ4n) is 3.05. The highest BCUT2D eigenvalue weighted by atomic mass is 32.1. The fourth-order valence-corrected chi connectivity index (χ4v) is 3.75. The molecule has 1 aliphatic rings. The molecule has 0 atom stereocenters. The van der Waals surface area contributed by atoms with Crippen LogP contribution in [-0.4, -0.2) is 17.5 Å². The Labute approximate surface area is 147 Å². The number of ether oxygens (including phenoxy) is 1. The highest BCUT2D eigenvalue weighted by Gasteiger charge is 2.16. The third-order valence-electron chi connectivity index (χ3n) is 4.45. The van der Waals surface area contributed by atoms with Crippen LogP contribution in [0.1, 0.15) is 44.1 Å². The van der Waals surface area contributed by atoms with Gasteiger partial charge in [-0.15, -0.1) is 0 Å². The summed E-state index contributed by atoms with van der Waals surface area (Å²) in [7, 11) is 0. The van der Waals surface area contributed by atoms with Gasteiger partial charge in [-0.1, -0.05) is 19.3 Å². The number of amides is 1. The number of hydrogen-bond acceptors (Lipinski definition) is 4. The van der Waals surface area contributed by atoms with Crippen molar-refractivity contribution >= 4 is 23.1 Å². The topological polar surface area (TPSA) is 51.2 Å². The van der Waals surface area contributed by atoms with Crippen LogP contribution < -0.4 is 10.1 Å². The van der Waals surface area contributed by atoms with Crippen molar-refractivity contribution in [2.24, 2.45) is 5.92 Å². The Kier molecular flexibility index (Phi) is 6.24. The zero-order valence-corrected chi connectivity index (χ0v) is 14.7. The van der Waals surface area contributed by atoms with Crippen LogP contribution in [0.3, 0.4) is 0 Å². The molecule has 128 valence electrons. The zero-order chi connectivity index (χ0) is 16.6. The van der Waals surface area contributed by atoms with Crippen LogP contribution in [0.4, 0.5) is 5.82 Å². The van der Waals surface area contributed by atoms with E-state index in [-0.39, 0.29) is 5.91 Å². The Morgan fingerprint density at radius 3 is 2.96 bits per heavy atom. The summed E-state index contributed by atoms with van der Waals surface area (Å²) in [5.74, 6) is 1.80. The molecule has 1 fully saturated rings. The second-order valence-corrected chi connectivity index (χ2v) is 7.12. The monoisotopic (exact) mass is 344 g/mol. The third-order valence-corrected chi connectivity index (χ3v) is 5.18. The summed E-state index contributed by atoms with van der Waals surface area (Å²) < 4.78 is 5.95. The number of nitrogens with zero attached hydrogens (tertiary/aromatic N) is 1. The van der Waals surface area contributed by atoms with Crippen molar-refractivity contribution in [3.63, 3.8) is 0 Å². The van der Waals surface area contributed by atoms with Gasteiger partial charge in [-0.25, -0.2) is 4.98 Å². The molecule has 0 saturated heterocycles. The summed E-state index contributed by atoms with van der Waals surface area (Å²) in [6.07, 6.45) is 9.30. The Morgan fingerprint density at radius 1 is 1.29 bits per heavy atom. The number of anilines is 1. The predicted molar refractivity (Wildman–Crippen MR) is 97.6 cm³/mol. The number of nitrogens with one attached hydrogen (secondary N) is 1. The highest BCUT2D eigenvalue weighted by molar-refractivity contribution is 7.07. The van der Waals surface area contributed by atoms with Crippen LogP contribution in [-0.2, 0) is 11.2 Å². The number of hydrogen-bond donors (Lipinski definition) is 1. The van der Waals surface area contributed by atoms with Gasteiger partial charge < -0.3 is 10.1 Å². The standard InChI is InChI=1S/C19H24N2O2S/c22-18(9-8-16-10-12-24-14-16)21-19-17(7-4-11-20-19)23-13-15-5-2-1-3-6-15/h4,7,10-12,14-15H,1-3,5-6,8-9,13H2,(H,20,21,22). The van der Waals surface area contributed by atoms with E-state index in [1.54, 1.807) is 17.5 Å². The summed E-state index contributed by atoms with van der Waals surface area (Å²) in [6, 6.07) is 5.78. The van der Waals surface area contributed by atoms with E-state index in [9.17, 15) is 4.79 Å². The molecule has 2 aromatic heterocycles.